The molecule has 0 saturated carbocycles. The number of carbonyl (C=O) groups excluding carboxylic acids is 3. The third-order valence-electron chi connectivity index (χ3n) is 4.57. The van der Waals surface area contributed by atoms with E-state index in [0.717, 1.165) is 28.1 Å². The Morgan fingerprint density at radius 2 is 1.74 bits per heavy atom. The van der Waals surface area contributed by atoms with Crippen LogP contribution in [-0.4, -0.2) is 30.1 Å². The van der Waals surface area contributed by atoms with E-state index in [2.05, 4.69) is 9.73 Å². The lowest BCUT2D eigenvalue weighted by Crippen LogP contribution is -2.30. The molecule has 1 heterocycles. The van der Waals surface area contributed by atoms with E-state index in [1.807, 2.05) is 24.3 Å². The minimum atomic E-state index is -0.744. The average molecular weight is 434 g/mol. The van der Waals surface area contributed by atoms with Crippen molar-refractivity contribution in [3.63, 3.8) is 0 Å². The van der Waals surface area contributed by atoms with E-state index < -0.39 is 23.6 Å². The SMILES string of the molecule is COC(=O)/C=C1\SC(=NC(=O)c2cccc3ccccc23)N(c2ccccc2F)C1=O. The van der Waals surface area contributed by atoms with Gasteiger partial charge in [0.2, 0.25) is 0 Å². The number of anilines is 1. The Kier molecular flexibility index (Phi) is 5.64. The van der Waals surface area contributed by atoms with Crippen LogP contribution < -0.4 is 4.90 Å². The fourth-order valence-electron chi connectivity index (χ4n) is 3.12. The molecule has 0 spiro atoms. The largest absolute Gasteiger partial charge is 0.466 e. The molecule has 0 atom stereocenters. The first kappa shape index (κ1) is 20.5. The fraction of sp³-hybridized carbons (Fsp3) is 0.0435. The van der Waals surface area contributed by atoms with Gasteiger partial charge in [0.25, 0.3) is 11.8 Å². The zero-order chi connectivity index (χ0) is 22.0. The van der Waals surface area contributed by atoms with Crippen molar-refractivity contribution in [3.05, 3.63) is 89.1 Å². The molecule has 3 aromatic rings. The van der Waals surface area contributed by atoms with Crippen LogP contribution >= 0.6 is 11.8 Å². The van der Waals surface area contributed by atoms with Gasteiger partial charge in [0.15, 0.2) is 5.17 Å². The van der Waals surface area contributed by atoms with Crippen LogP contribution in [-0.2, 0) is 14.3 Å². The summed E-state index contributed by atoms with van der Waals surface area (Å²) in [6, 6.07) is 18.2. The Hall–Kier alpha value is -3.78. The fourth-order valence-corrected chi connectivity index (χ4v) is 4.05. The van der Waals surface area contributed by atoms with Crippen LogP contribution in [0.1, 0.15) is 10.4 Å². The second-order valence-electron chi connectivity index (χ2n) is 6.45. The highest BCUT2D eigenvalue weighted by molar-refractivity contribution is 8.19. The van der Waals surface area contributed by atoms with Gasteiger partial charge in [-0.1, -0.05) is 48.5 Å². The van der Waals surface area contributed by atoms with Gasteiger partial charge < -0.3 is 4.74 Å². The number of methoxy groups -OCH3 is 1. The molecule has 1 aliphatic heterocycles. The van der Waals surface area contributed by atoms with Gasteiger partial charge in [0, 0.05) is 11.6 Å². The number of amidine groups is 1. The first-order valence-corrected chi connectivity index (χ1v) is 9.98. The van der Waals surface area contributed by atoms with Gasteiger partial charge in [0.05, 0.1) is 17.7 Å². The van der Waals surface area contributed by atoms with Gasteiger partial charge >= 0.3 is 5.97 Å². The van der Waals surface area contributed by atoms with Crippen molar-refractivity contribution in [3.8, 4) is 0 Å². The normalized spacial score (nSPS) is 16.3. The Morgan fingerprint density at radius 1 is 1.03 bits per heavy atom. The second kappa shape index (κ2) is 8.53. The van der Waals surface area contributed by atoms with Gasteiger partial charge in [-0.3, -0.25) is 14.5 Å². The van der Waals surface area contributed by atoms with Crippen LogP contribution in [0.5, 0.6) is 0 Å². The van der Waals surface area contributed by atoms with Crippen molar-refractivity contribution in [2.24, 2.45) is 4.99 Å². The molecule has 0 aromatic heterocycles. The summed E-state index contributed by atoms with van der Waals surface area (Å²) < 4.78 is 19.0. The molecule has 4 rings (SSSR count). The molecule has 1 saturated heterocycles. The van der Waals surface area contributed by atoms with Crippen molar-refractivity contribution in [2.75, 3.05) is 12.0 Å². The van der Waals surface area contributed by atoms with Gasteiger partial charge in [-0.15, -0.1) is 0 Å². The van der Waals surface area contributed by atoms with E-state index in [9.17, 15) is 18.8 Å². The Morgan fingerprint density at radius 3 is 2.52 bits per heavy atom. The van der Waals surface area contributed by atoms with Crippen molar-refractivity contribution in [1.82, 2.24) is 0 Å². The highest BCUT2D eigenvalue weighted by Crippen LogP contribution is 2.36. The number of thioether (sulfide) groups is 1. The molecule has 0 radical (unpaired) electrons. The molecule has 0 aliphatic carbocycles. The van der Waals surface area contributed by atoms with E-state index in [0.29, 0.717) is 10.9 Å². The van der Waals surface area contributed by atoms with Gasteiger partial charge in [-0.05, 0) is 40.7 Å². The van der Waals surface area contributed by atoms with Crippen LogP contribution in [0.25, 0.3) is 10.8 Å². The average Bonchev–Trinajstić information content (AvgIpc) is 3.07. The molecule has 6 nitrogen and oxygen atoms in total. The van der Waals surface area contributed by atoms with Crippen LogP contribution in [0.4, 0.5) is 10.1 Å². The molecule has 2 amide bonds. The lowest BCUT2D eigenvalue weighted by Gasteiger charge is -2.16. The maximum absolute atomic E-state index is 14.5. The second-order valence-corrected chi connectivity index (χ2v) is 7.46. The zero-order valence-corrected chi connectivity index (χ0v) is 17.1. The number of hydrogen-bond acceptors (Lipinski definition) is 5. The summed E-state index contributed by atoms with van der Waals surface area (Å²) in [7, 11) is 1.18. The van der Waals surface area contributed by atoms with Crippen LogP contribution in [0.15, 0.2) is 82.7 Å². The van der Waals surface area contributed by atoms with Crippen molar-refractivity contribution < 1.29 is 23.5 Å². The quantitative estimate of drug-likeness (QED) is 0.454. The first-order valence-electron chi connectivity index (χ1n) is 9.17. The van der Waals surface area contributed by atoms with E-state index in [4.69, 9.17) is 0 Å². The summed E-state index contributed by atoms with van der Waals surface area (Å²) >= 11 is 0.802. The number of para-hydroxylation sites is 1. The van der Waals surface area contributed by atoms with E-state index in [-0.39, 0.29) is 15.8 Å². The standard InChI is InChI=1S/C23H15FN2O4S/c1-30-20(27)13-19-22(29)26(18-12-5-4-11-17(18)24)23(31-19)25-21(28)16-10-6-8-14-7-2-3-9-15(14)16/h2-13H,1H3/b19-13-,25-23?. The summed E-state index contributed by atoms with van der Waals surface area (Å²) in [5.41, 5.74) is 0.273. The topological polar surface area (TPSA) is 76.0 Å². The van der Waals surface area contributed by atoms with E-state index in [1.165, 1.54) is 25.3 Å². The molecule has 0 unspecified atom stereocenters. The van der Waals surface area contributed by atoms with Crippen LogP contribution in [0, 0.1) is 5.82 Å². The molecular weight excluding hydrogens is 419 g/mol. The lowest BCUT2D eigenvalue weighted by atomic mass is 10.0. The highest BCUT2D eigenvalue weighted by Gasteiger charge is 2.37. The summed E-state index contributed by atoms with van der Waals surface area (Å²) in [4.78, 5) is 42.7. The molecule has 154 valence electrons. The Labute approximate surface area is 181 Å². The summed E-state index contributed by atoms with van der Waals surface area (Å²) in [5, 5.41) is 1.51. The van der Waals surface area contributed by atoms with Crippen LogP contribution in [0.3, 0.4) is 0 Å². The minimum Gasteiger partial charge on any atom is -0.466 e. The number of hydrogen-bond donors (Lipinski definition) is 0. The predicted molar refractivity (Wildman–Crippen MR) is 117 cm³/mol. The highest BCUT2D eigenvalue weighted by atomic mass is 32.2. The molecule has 0 bridgehead atoms. The summed E-state index contributed by atoms with van der Waals surface area (Å²) in [6.45, 7) is 0. The zero-order valence-electron chi connectivity index (χ0n) is 16.2. The third kappa shape index (κ3) is 3.97. The van der Waals surface area contributed by atoms with Crippen molar-refractivity contribution >= 4 is 51.2 Å². The summed E-state index contributed by atoms with van der Waals surface area (Å²) in [5.74, 6) is -2.68. The molecule has 3 aromatic carbocycles. The van der Waals surface area contributed by atoms with Gasteiger partial charge in [-0.25, -0.2) is 9.18 Å². The number of rotatable bonds is 3. The smallest absolute Gasteiger partial charge is 0.331 e. The first-order chi connectivity index (χ1) is 15.0. The monoisotopic (exact) mass is 434 g/mol. The number of fused-ring (bicyclic) bond motifs is 1. The van der Waals surface area contributed by atoms with Gasteiger partial charge in [0.1, 0.15) is 5.82 Å². The number of aliphatic imine (C=N–C) groups is 1. The Balaban J connectivity index is 1.81. The Bertz CT molecular complexity index is 1280. The van der Waals surface area contributed by atoms with Crippen molar-refractivity contribution in [1.29, 1.82) is 0 Å². The number of esters is 1. The van der Waals surface area contributed by atoms with Gasteiger partial charge in [-0.2, -0.15) is 4.99 Å². The number of amides is 2. The molecule has 1 fully saturated rings. The number of nitrogens with zero attached hydrogens (tertiary/aromatic N) is 2. The third-order valence-corrected chi connectivity index (χ3v) is 5.54. The molecule has 1 aliphatic rings. The van der Waals surface area contributed by atoms with Crippen LogP contribution in [0.2, 0.25) is 0 Å². The number of halogens is 1. The molecule has 31 heavy (non-hydrogen) atoms. The number of carbonyl (C=O) groups is 3. The maximum Gasteiger partial charge on any atom is 0.331 e. The lowest BCUT2D eigenvalue weighted by molar-refractivity contribution is -0.135. The number of ether oxygens (including phenoxy) is 1. The predicted octanol–water partition coefficient (Wildman–Crippen LogP) is 4.31. The molecular formula is C23H15FN2O4S. The van der Waals surface area contributed by atoms with Crippen molar-refractivity contribution in [2.45, 2.75) is 0 Å². The molecule has 0 N–H and O–H groups in total. The minimum absolute atomic E-state index is 0.0282. The van der Waals surface area contributed by atoms with E-state index >= 15 is 0 Å². The summed E-state index contributed by atoms with van der Waals surface area (Å²) in [6.07, 6.45) is 0.992. The van der Waals surface area contributed by atoms with E-state index in [1.54, 1.807) is 24.3 Å². The number of benzene rings is 3. The molecule has 8 heteroatoms. The maximum atomic E-state index is 14.5.